The highest BCUT2D eigenvalue weighted by Gasteiger charge is 2.19. The zero-order chi connectivity index (χ0) is 13.5. The summed E-state index contributed by atoms with van der Waals surface area (Å²) in [5.41, 5.74) is 0.359. The van der Waals surface area contributed by atoms with Gasteiger partial charge >= 0.3 is 0 Å². The molecular formula is C12H16ClN3O2. The lowest BCUT2D eigenvalue weighted by Gasteiger charge is -2.20. The number of carbonyl (C=O) groups excluding carboxylic acids is 2. The summed E-state index contributed by atoms with van der Waals surface area (Å²) in [6.45, 7) is 4.65. The summed E-state index contributed by atoms with van der Waals surface area (Å²) in [7, 11) is 0. The van der Waals surface area contributed by atoms with Crippen LogP contribution in [0.3, 0.4) is 0 Å². The lowest BCUT2D eigenvalue weighted by Crippen LogP contribution is -2.40. The first-order valence-electron chi connectivity index (χ1n) is 5.75. The van der Waals surface area contributed by atoms with Crippen LogP contribution in [0.1, 0.15) is 24.2 Å². The van der Waals surface area contributed by atoms with Crippen LogP contribution in [0.4, 0.5) is 0 Å². The SMILES string of the molecule is CCNC(=O)CN(CC)C(=O)c1ccncc1Cl. The Kier molecular flexibility index (Phi) is 5.58. The van der Waals surface area contributed by atoms with Gasteiger partial charge in [0, 0.05) is 25.5 Å². The van der Waals surface area contributed by atoms with E-state index in [1.54, 1.807) is 6.07 Å². The predicted molar refractivity (Wildman–Crippen MR) is 69.5 cm³/mol. The average Bonchev–Trinajstić information content (AvgIpc) is 2.36. The van der Waals surface area contributed by atoms with E-state index in [0.29, 0.717) is 18.7 Å². The van der Waals surface area contributed by atoms with Crippen molar-refractivity contribution >= 4 is 23.4 Å². The molecule has 0 radical (unpaired) electrons. The summed E-state index contributed by atoms with van der Waals surface area (Å²) in [5, 5.41) is 2.94. The summed E-state index contributed by atoms with van der Waals surface area (Å²) >= 11 is 5.91. The molecule has 0 aliphatic carbocycles. The number of hydrogen-bond donors (Lipinski definition) is 1. The fourth-order valence-electron chi connectivity index (χ4n) is 1.47. The number of aromatic nitrogens is 1. The van der Waals surface area contributed by atoms with Crippen LogP contribution in [0, 0.1) is 0 Å². The maximum Gasteiger partial charge on any atom is 0.255 e. The quantitative estimate of drug-likeness (QED) is 0.877. The molecule has 0 fully saturated rings. The molecule has 1 aromatic rings. The van der Waals surface area contributed by atoms with Crippen LogP contribution >= 0.6 is 11.6 Å². The van der Waals surface area contributed by atoms with Gasteiger partial charge in [-0.2, -0.15) is 0 Å². The normalized spacial score (nSPS) is 9.94. The minimum atomic E-state index is -0.267. The number of nitrogens with zero attached hydrogens (tertiary/aromatic N) is 2. The van der Waals surface area contributed by atoms with E-state index in [2.05, 4.69) is 10.3 Å². The van der Waals surface area contributed by atoms with E-state index in [4.69, 9.17) is 11.6 Å². The molecule has 0 bridgehead atoms. The second kappa shape index (κ2) is 6.96. The minimum Gasteiger partial charge on any atom is -0.355 e. The van der Waals surface area contributed by atoms with Gasteiger partial charge in [-0.05, 0) is 19.9 Å². The smallest absolute Gasteiger partial charge is 0.255 e. The molecule has 0 aliphatic heterocycles. The highest BCUT2D eigenvalue weighted by molar-refractivity contribution is 6.33. The molecule has 5 nitrogen and oxygen atoms in total. The second-order valence-corrected chi connectivity index (χ2v) is 4.04. The van der Waals surface area contributed by atoms with Gasteiger partial charge in [-0.15, -0.1) is 0 Å². The standard InChI is InChI=1S/C12H16ClN3O2/c1-3-15-11(17)8-16(4-2)12(18)9-5-6-14-7-10(9)13/h5-7H,3-4,8H2,1-2H3,(H,15,17). The van der Waals surface area contributed by atoms with E-state index in [1.165, 1.54) is 17.3 Å². The van der Waals surface area contributed by atoms with Crippen LogP contribution in [0.2, 0.25) is 5.02 Å². The molecule has 0 saturated carbocycles. The van der Waals surface area contributed by atoms with Gasteiger partial charge in [0.05, 0.1) is 17.1 Å². The number of rotatable bonds is 5. The van der Waals surface area contributed by atoms with Crippen LogP contribution in [0.15, 0.2) is 18.5 Å². The molecule has 98 valence electrons. The summed E-state index contributed by atoms with van der Waals surface area (Å²) < 4.78 is 0. The fraction of sp³-hybridized carbons (Fsp3) is 0.417. The Hall–Kier alpha value is -1.62. The van der Waals surface area contributed by atoms with Gasteiger partial charge in [0.1, 0.15) is 0 Å². The summed E-state index contributed by atoms with van der Waals surface area (Å²) in [6, 6.07) is 1.55. The van der Waals surface area contributed by atoms with Crippen molar-refractivity contribution in [2.45, 2.75) is 13.8 Å². The van der Waals surface area contributed by atoms with Crippen LogP contribution in [-0.4, -0.2) is 41.3 Å². The molecule has 1 heterocycles. The molecule has 1 N–H and O–H groups in total. The van der Waals surface area contributed by atoms with Crippen molar-refractivity contribution in [3.8, 4) is 0 Å². The number of carbonyl (C=O) groups is 2. The lowest BCUT2D eigenvalue weighted by atomic mass is 10.2. The third-order valence-electron chi connectivity index (χ3n) is 2.38. The fourth-order valence-corrected chi connectivity index (χ4v) is 1.67. The predicted octanol–water partition coefficient (Wildman–Crippen LogP) is 1.33. The zero-order valence-corrected chi connectivity index (χ0v) is 11.2. The summed E-state index contributed by atoms with van der Waals surface area (Å²) in [4.78, 5) is 28.9. The lowest BCUT2D eigenvalue weighted by molar-refractivity contribution is -0.121. The maximum absolute atomic E-state index is 12.2. The van der Waals surface area contributed by atoms with Gasteiger partial charge in [-0.3, -0.25) is 14.6 Å². The molecule has 0 atom stereocenters. The molecule has 1 aromatic heterocycles. The number of hydrogen-bond acceptors (Lipinski definition) is 3. The molecule has 18 heavy (non-hydrogen) atoms. The largest absolute Gasteiger partial charge is 0.355 e. The van der Waals surface area contributed by atoms with Crippen molar-refractivity contribution in [2.24, 2.45) is 0 Å². The van der Waals surface area contributed by atoms with Crippen molar-refractivity contribution in [3.63, 3.8) is 0 Å². The van der Waals surface area contributed by atoms with E-state index < -0.39 is 0 Å². The summed E-state index contributed by atoms with van der Waals surface area (Å²) in [5.74, 6) is -0.450. The van der Waals surface area contributed by atoms with E-state index in [0.717, 1.165) is 0 Å². The molecule has 0 aromatic carbocycles. The zero-order valence-electron chi connectivity index (χ0n) is 10.4. The molecular weight excluding hydrogens is 254 g/mol. The average molecular weight is 270 g/mol. The van der Waals surface area contributed by atoms with E-state index in [1.807, 2.05) is 13.8 Å². The second-order valence-electron chi connectivity index (χ2n) is 3.63. The Bertz CT molecular complexity index is 437. The van der Waals surface area contributed by atoms with Crippen LogP contribution < -0.4 is 5.32 Å². The topological polar surface area (TPSA) is 62.3 Å². The maximum atomic E-state index is 12.2. The molecule has 2 amide bonds. The van der Waals surface area contributed by atoms with Crippen molar-refractivity contribution in [1.82, 2.24) is 15.2 Å². The third kappa shape index (κ3) is 3.70. The molecule has 0 spiro atoms. The van der Waals surface area contributed by atoms with Crippen molar-refractivity contribution in [3.05, 3.63) is 29.0 Å². The summed E-state index contributed by atoms with van der Waals surface area (Å²) in [6.07, 6.45) is 2.91. The van der Waals surface area contributed by atoms with E-state index >= 15 is 0 Å². The van der Waals surface area contributed by atoms with Gasteiger partial charge in [-0.1, -0.05) is 11.6 Å². The van der Waals surface area contributed by atoms with Crippen molar-refractivity contribution in [1.29, 1.82) is 0 Å². The highest BCUT2D eigenvalue weighted by Crippen LogP contribution is 2.15. The van der Waals surface area contributed by atoms with Gasteiger partial charge in [0.15, 0.2) is 0 Å². The van der Waals surface area contributed by atoms with Gasteiger partial charge in [-0.25, -0.2) is 0 Å². The van der Waals surface area contributed by atoms with Crippen molar-refractivity contribution < 1.29 is 9.59 Å². The molecule has 1 rings (SSSR count). The first-order chi connectivity index (χ1) is 8.60. The first-order valence-corrected chi connectivity index (χ1v) is 6.13. The van der Waals surface area contributed by atoms with Crippen LogP contribution in [0.5, 0.6) is 0 Å². The Morgan fingerprint density at radius 1 is 1.44 bits per heavy atom. The monoisotopic (exact) mass is 269 g/mol. The Morgan fingerprint density at radius 2 is 2.17 bits per heavy atom. The van der Waals surface area contributed by atoms with Crippen LogP contribution in [0.25, 0.3) is 0 Å². The number of nitrogens with one attached hydrogen (secondary N) is 1. The molecule has 0 unspecified atom stereocenters. The van der Waals surface area contributed by atoms with Crippen LogP contribution in [-0.2, 0) is 4.79 Å². The highest BCUT2D eigenvalue weighted by atomic mass is 35.5. The Balaban J connectivity index is 2.80. The minimum absolute atomic E-state index is 0.0296. The van der Waals surface area contributed by atoms with Gasteiger partial charge in [0.2, 0.25) is 5.91 Å². The van der Waals surface area contributed by atoms with Crippen molar-refractivity contribution in [2.75, 3.05) is 19.6 Å². The van der Waals surface area contributed by atoms with Gasteiger partial charge < -0.3 is 10.2 Å². The van der Waals surface area contributed by atoms with Gasteiger partial charge in [0.25, 0.3) is 5.91 Å². The third-order valence-corrected chi connectivity index (χ3v) is 2.68. The first kappa shape index (κ1) is 14.4. The number of pyridine rings is 1. The van der Waals surface area contributed by atoms with E-state index in [9.17, 15) is 9.59 Å². The number of likely N-dealkylation sites (N-methyl/N-ethyl adjacent to an activating group) is 2. The molecule has 6 heteroatoms. The Labute approximate surface area is 111 Å². The number of amides is 2. The van der Waals surface area contributed by atoms with E-state index in [-0.39, 0.29) is 23.4 Å². The number of halogens is 1. The Morgan fingerprint density at radius 3 is 2.72 bits per heavy atom. The molecule has 0 saturated heterocycles. The molecule has 0 aliphatic rings.